The minimum Gasteiger partial charge on any atom is -0.489 e. The van der Waals surface area contributed by atoms with Crippen LogP contribution in [0, 0.1) is 0 Å². The van der Waals surface area contributed by atoms with Gasteiger partial charge >= 0.3 is 0 Å². The molecule has 0 saturated heterocycles. The normalized spacial score (nSPS) is 12.4. The Morgan fingerprint density at radius 2 is 2.00 bits per heavy atom. The van der Waals surface area contributed by atoms with Crippen molar-refractivity contribution in [2.45, 2.75) is 39.5 Å². The Labute approximate surface area is 114 Å². The van der Waals surface area contributed by atoms with Crippen LogP contribution in [0.3, 0.4) is 0 Å². The molecule has 0 bridgehead atoms. The predicted octanol–water partition coefficient (Wildman–Crippen LogP) is 2.89. The summed E-state index contributed by atoms with van der Waals surface area (Å²) in [7, 11) is 0. The lowest BCUT2D eigenvalue weighted by Crippen LogP contribution is -2.08. The molecule has 0 aliphatic rings. The Kier molecular flexibility index (Phi) is 4.58. The number of hydrogen-bond donors (Lipinski definition) is 1. The Bertz CT molecular complexity index is 504. The van der Waals surface area contributed by atoms with E-state index in [9.17, 15) is 0 Å². The maximum atomic E-state index is 5.98. The predicted molar refractivity (Wildman–Crippen MR) is 75.9 cm³/mol. The lowest BCUT2D eigenvalue weighted by atomic mass is 10.1. The van der Waals surface area contributed by atoms with E-state index >= 15 is 0 Å². The first-order valence-electron chi connectivity index (χ1n) is 6.72. The molecule has 0 saturated carbocycles. The highest BCUT2D eigenvalue weighted by atomic mass is 16.5. The summed E-state index contributed by atoms with van der Waals surface area (Å²) in [4.78, 5) is 0. The van der Waals surface area contributed by atoms with Crippen molar-refractivity contribution in [1.82, 2.24) is 9.78 Å². The maximum Gasteiger partial charge on any atom is 0.119 e. The van der Waals surface area contributed by atoms with Crippen LogP contribution in [0.2, 0.25) is 0 Å². The second-order valence-electron chi connectivity index (χ2n) is 4.58. The van der Waals surface area contributed by atoms with E-state index in [2.05, 4.69) is 18.9 Å². The summed E-state index contributed by atoms with van der Waals surface area (Å²) in [6.07, 6.45) is 4.78. The molecule has 0 unspecified atom stereocenters. The van der Waals surface area contributed by atoms with Crippen molar-refractivity contribution in [3.8, 4) is 5.75 Å². The Balaban J connectivity index is 1.92. The van der Waals surface area contributed by atoms with Gasteiger partial charge in [-0.2, -0.15) is 5.10 Å². The monoisotopic (exact) mass is 259 g/mol. The summed E-state index contributed by atoms with van der Waals surface area (Å²) >= 11 is 0. The van der Waals surface area contributed by atoms with Crippen LogP contribution in [0.4, 0.5) is 0 Å². The summed E-state index contributed by atoms with van der Waals surface area (Å²) in [5, 5.41) is 4.22. The third kappa shape index (κ3) is 3.58. The van der Waals surface area contributed by atoms with Crippen molar-refractivity contribution < 1.29 is 4.74 Å². The Hall–Kier alpha value is -1.81. The van der Waals surface area contributed by atoms with Crippen molar-refractivity contribution >= 4 is 0 Å². The fourth-order valence-corrected chi connectivity index (χ4v) is 1.87. The molecular formula is C15H21N3O. The molecule has 1 aromatic carbocycles. The van der Waals surface area contributed by atoms with Gasteiger partial charge in [-0.05, 0) is 31.0 Å². The van der Waals surface area contributed by atoms with Crippen LogP contribution in [-0.4, -0.2) is 9.78 Å². The second-order valence-corrected chi connectivity index (χ2v) is 4.58. The molecule has 19 heavy (non-hydrogen) atoms. The molecule has 2 rings (SSSR count). The number of rotatable bonds is 6. The van der Waals surface area contributed by atoms with Gasteiger partial charge in [0.1, 0.15) is 12.4 Å². The molecule has 4 nitrogen and oxygen atoms in total. The molecule has 1 aromatic heterocycles. The molecule has 2 N–H and O–H groups in total. The van der Waals surface area contributed by atoms with Gasteiger partial charge in [0.2, 0.25) is 0 Å². The molecule has 1 atom stereocenters. The molecule has 2 aromatic rings. The first-order chi connectivity index (χ1) is 9.22. The molecule has 0 amide bonds. The van der Waals surface area contributed by atoms with Crippen LogP contribution in [0.15, 0.2) is 36.7 Å². The Morgan fingerprint density at radius 1 is 1.26 bits per heavy atom. The van der Waals surface area contributed by atoms with Crippen LogP contribution in [0.5, 0.6) is 5.75 Å². The molecule has 0 aliphatic carbocycles. The number of ether oxygens (including phenoxy) is 1. The van der Waals surface area contributed by atoms with Crippen LogP contribution in [-0.2, 0) is 13.2 Å². The van der Waals surface area contributed by atoms with Gasteiger partial charge in [-0.1, -0.05) is 19.1 Å². The van der Waals surface area contributed by atoms with E-state index < -0.39 is 0 Å². The standard InChI is InChI=1S/C15H21N3O/c1-3-15(16)13-5-7-14(8-6-13)19-11-12-9-17-18(4-2)10-12/h5-10,15H,3-4,11,16H2,1-2H3/t15-/m1/s1. The third-order valence-electron chi connectivity index (χ3n) is 3.16. The maximum absolute atomic E-state index is 5.98. The van der Waals surface area contributed by atoms with Crippen LogP contribution < -0.4 is 10.5 Å². The van der Waals surface area contributed by atoms with E-state index in [1.807, 2.05) is 41.3 Å². The van der Waals surface area contributed by atoms with Gasteiger partial charge in [0.25, 0.3) is 0 Å². The number of hydrogen-bond acceptors (Lipinski definition) is 3. The summed E-state index contributed by atoms with van der Waals surface area (Å²) in [6.45, 7) is 5.57. The smallest absolute Gasteiger partial charge is 0.119 e. The quantitative estimate of drug-likeness (QED) is 0.867. The first kappa shape index (κ1) is 13.6. The van der Waals surface area contributed by atoms with E-state index in [1.54, 1.807) is 0 Å². The summed E-state index contributed by atoms with van der Waals surface area (Å²) < 4.78 is 7.62. The van der Waals surface area contributed by atoms with Gasteiger partial charge in [-0.25, -0.2) is 0 Å². The second kappa shape index (κ2) is 6.38. The fourth-order valence-electron chi connectivity index (χ4n) is 1.87. The van der Waals surface area contributed by atoms with Crippen molar-refractivity contribution in [2.24, 2.45) is 5.73 Å². The molecule has 0 fully saturated rings. The minimum absolute atomic E-state index is 0.108. The zero-order valence-corrected chi connectivity index (χ0v) is 11.5. The molecule has 0 spiro atoms. The summed E-state index contributed by atoms with van der Waals surface area (Å²) in [5.74, 6) is 0.858. The number of aryl methyl sites for hydroxylation is 1. The van der Waals surface area contributed by atoms with Gasteiger partial charge in [0, 0.05) is 24.3 Å². The zero-order chi connectivity index (χ0) is 13.7. The van der Waals surface area contributed by atoms with Gasteiger partial charge in [-0.15, -0.1) is 0 Å². The molecule has 1 heterocycles. The molecule has 102 valence electrons. The number of nitrogens with two attached hydrogens (primary N) is 1. The van der Waals surface area contributed by atoms with Crippen molar-refractivity contribution in [1.29, 1.82) is 0 Å². The zero-order valence-electron chi connectivity index (χ0n) is 11.5. The summed E-state index contributed by atoms with van der Waals surface area (Å²) in [5.41, 5.74) is 8.20. The average molecular weight is 259 g/mol. The fraction of sp³-hybridized carbons (Fsp3) is 0.400. The highest BCUT2D eigenvalue weighted by molar-refractivity contribution is 5.29. The number of nitrogens with zero attached hydrogens (tertiary/aromatic N) is 2. The topological polar surface area (TPSA) is 53.1 Å². The van der Waals surface area contributed by atoms with Crippen molar-refractivity contribution in [3.63, 3.8) is 0 Å². The van der Waals surface area contributed by atoms with E-state index in [1.165, 1.54) is 0 Å². The highest BCUT2D eigenvalue weighted by Crippen LogP contribution is 2.19. The van der Waals surface area contributed by atoms with Crippen LogP contribution in [0.1, 0.15) is 37.4 Å². The Morgan fingerprint density at radius 3 is 2.58 bits per heavy atom. The highest BCUT2D eigenvalue weighted by Gasteiger charge is 2.03. The largest absolute Gasteiger partial charge is 0.489 e. The minimum atomic E-state index is 0.108. The van der Waals surface area contributed by atoms with E-state index in [0.29, 0.717) is 6.61 Å². The first-order valence-corrected chi connectivity index (χ1v) is 6.72. The summed E-state index contributed by atoms with van der Waals surface area (Å²) in [6, 6.07) is 8.10. The van der Waals surface area contributed by atoms with Crippen molar-refractivity contribution in [3.05, 3.63) is 47.8 Å². The molecule has 0 aliphatic heterocycles. The van der Waals surface area contributed by atoms with Gasteiger partial charge < -0.3 is 10.5 Å². The SMILES string of the molecule is CC[C@@H](N)c1ccc(OCc2cnn(CC)c2)cc1. The lowest BCUT2D eigenvalue weighted by Gasteiger charge is -2.10. The van der Waals surface area contributed by atoms with Gasteiger partial charge in [0.15, 0.2) is 0 Å². The van der Waals surface area contributed by atoms with Gasteiger partial charge in [0.05, 0.1) is 6.20 Å². The van der Waals surface area contributed by atoms with E-state index in [4.69, 9.17) is 10.5 Å². The number of aromatic nitrogens is 2. The van der Waals surface area contributed by atoms with Crippen LogP contribution >= 0.6 is 0 Å². The lowest BCUT2D eigenvalue weighted by molar-refractivity contribution is 0.306. The average Bonchev–Trinajstić information content (AvgIpc) is 2.93. The molecule has 4 heteroatoms. The van der Waals surface area contributed by atoms with Gasteiger partial charge in [-0.3, -0.25) is 4.68 Å². The van der Waals surface area contributed by atoms with Crippen molar-refractivity contribution in [2.75, 3.05) is 0 Å². The molecule has 0 radical (unpaired) electrons. The third-order valence-corrected chi connectivity index (χ3v) is 3.16. The number of benzene rings is 1. The molecular weight excluding hydrogens is 238 g/mol. The van der Waals surface area contributed by atoms with E-state index in [0.717, 1.165) is 29.8 Å². The van der Waals surface area contributed by atoms with Crippen LogP contribution in [0.25, 0.3) is 0 Å². The van der Waals surface area contributed by atoms with E-state index in [-0.39, 0.29) is 6.04 Å².